The molecule has 0 saturated carbocycles. The van der Waals surface area contributed by atoms with Gasteiger partial charge in [0.05, 0.1) is 23.1 Å². The van der Waals surface area contributed by atoms with Crippen LogP contribution in [0, 0.1) is 20.8 Å². The largest absolute Gasteiger partial charge is 0.321 e. The molecule has 1 amide bonds. The molecule has 0 bridgehead atoms. The summed E-state index contributed by atoms with van der Waals surface area (Å²) >= 11 is 1.18. The number of anilines is 1. The molecule has 7 heteroatoms. The number of hydrogen-bond donors (Lipinski definition) is 1. The van der Waals surface area contributed by atoms with E-state index in [0.29, 0.717) is 26.2 Å². The Morgan fingerprint density at radius 2 is 1.81 bits per heavy atom. The van der Waals surface area contributed by atoms with Gasteiger partial charge in [-0.25, -0.2) is 4.98 Å². The van der Waals surface area contributed by atoms with E-state index in [1.807, 2.05) is 38.1 Å². The number of rotatable bonds is 5. The van der Waals surface area contributed by atoms with Gasteiger partial charge < -0.3 is 5.32 Å². The summed E-state index contributed by atoms with van der Waals surface area (Å²) in [6.07, 6.45) is 1.37. The SMILES string of the molecule is Cc1ccc(NC(=O)c2sc3ncn(CC(=O)c4ccccc4)c(=O)c3c2C)c(C)c1. The number of ketones is 1. The molecule has 2 aromatic heterocycles. The van der Waals surface area contributed by atoms with E-state index in [0.717, 1.165) is 16.8 Å². The summed E-state index contributed by atoms with van der Waals surface area (Å²) in [6, 6.07) is 14.6. The lowest BCUT2D eigenvalue weighted by atomic mass is 10.1. The molecule has 0 unspecified atom stereocenters. The van der Waals surface area contributed by atoms with Gasteiger partial charge in [0.25, 0.3) is 11.5 Å². The third-order valence-corrected chi connectivity index (χ3v) is 6.36. The Labute approximate surface area is 183 Å². The minimum atomic E-state index is -0.325. The fourth-order valence-electron chi connectivity index (χ4n) is 3.49. The summed E-state index contributed by atoms with van der Waals surface area (Å²) in [5.74, 6) is -0.455. The maximum Gasteiger partial charge on any atom is 0.266 e. The van der Waals surface area contributed by atoms with Gasteiger partial charge in [0.2, 0.25) is 0 Å². The standard InChI is InChI=1S/C24H21N3O3S/c1-14-9-10-18(15(2)11-14)26-22(29)21-16(3)20-23(31-21)25-13-27(24(20)30)12-19(28)17-7-5-4-6-8-17/h4-11,13H,12H2,1-3H3,(H,26,29). The van der Waals surface area contributed by atoms with Crippen LogP contribution in [-0.2, 0) is 6.54 Å². The lowest BCUT2D eigenvalue weighted by Gasteiger charge is -2.08. The highest BCUT2D eigenvalue weighted by atomic mass is 32.1. The molecular weight excluding hydrogens is 410 g/mol. The van der Waals surface area contributed by atoms with Crippen LogP contribution < -0.4 is 10.9 Å². The van der Waals surface area contributed by atoms with E-state index in [1.165, 1.54) is 22.2 Å². The van der Waals surface area contributed by atoms with Crippen LogP contribution in [0.25, 0.3) is 10.2 Å². The zero-order valence-electron chi connectivity index (χ0n) is 17.4. The van der Waals surface area contributed by atoms with Gasteiger partial charge in [-0.15, -0.1) is 11.3 Å². The number of aromatic nitrogens is 2. The molecule has 1 N–H and O–H groups in total. The van der Waals surface area contributed by atoms with Crippen molar-refractivity contribution in [2.45, 2.75) is 27.3 Å². The number of benzene rings is 2. The first-order valence-electron chi connectivity index (χ1n) is 9.80. The number of amides is 1. The molecule has 0 radical (unpaired) electrons. The van der Waals surface area contributed by atoms with Gasteiger partial charge in [-0.1, -0.05) is 48.0 Å². The van der Waals surface area contributed by atoms with Crippen molar-refractivity contribution in [1.82, 2.24) is 9.55 Å². The fraction of sp³-hybridized carbons (Fsp3) is 0.167. The van der Waals surface area contributed by atoms with Crippen molar-refractivity contribution in [3.63, 3.8) is 0 Å². The van der Waals surface area contributed by atoms with Crippen LogP contribution in [0.5, 0.6) is 0 Å². The number of thiophene rings is 1. The van der Waals surface area contributed by atoms with E-state index in [2.05, 4.69) is 10.3 Å². The predicted molar refractivity (Wildman–Crippen MR) is 123 cm³/mol. The summed E-state index contributed by atoms with van der Waals surface area (Å²) in [4.78, 5) is 43.7. The molecule has 0 aliphatic carbocycles. The Morgan fingerprint density at radius 1 is 1.06 bits per heavy atom. The van der Waals surface area contributed by atoms with Crippen molar-refractivity contribution >= 4 is 38.9 Å². The van der Waals surface area contributed by atoms with Crippen LogP contribution in [-0.4, -0.2) is 21.2 Å². The van der Waals surface area contributed by atoms with E-state index in [-0.39, 0.29) is 23.8 Å². The number of aryl methyl sites for hydroxylation is 3. The van der Waals surface area contributed by atoms with Crippen LogP contribution in [0.3, 0.4) is 0 Å². The quantitative estimate of drug-likeness (QED) is 0.471. The van der Waals surface area contributed by atoms with Gasteiger partial charge in [0.1, 0.15) is 4.83 Å². The Hall–Kier alpha value is -3.58. The average molecular weight is 432 g/mol. The molecule has 0 fully saturated rings. The summed E-state index contributed by atoms with van der Waals surface area (Å²) in [7, 11) is 0. The van der Waals surface area contributed by atoms with Crippen LogP contribution in [0.2, 0.25) is 0 Å². The lowest BCUT2D eigenvalue weighted by Crippen LogP contribution is -2.24. The van der Waals surface area contributed by atoms with Crippen molar-refractivity contribution < 1.29 is 9.59 Å². The molecule has 0 saturated heterocycles. The van der Waals surface area contributed by atoms with E-state index in [9.17, 15) is 14.4 Å². The molecule has 0 atom stereocenters. The lowest BCUT2D eigenvalue weighted by molar-refractivity contribution is 0.0969. The second kappa shape index (κ2) is 8.28. The molecule has 2 heterocycles. The van der Waals surface area contributed by atoms with E-state index in [1.54, 1.807) is 31.2 Å². The third kappa shape index (κ3) is 4.04. The average Bonchev–Trinajstić information content (AvgIpc) is 3.10. The van der Waals surface area contributed by atoms with Crippen LogP contribution >= 0.6 is 11.3 Å². The number of nitrogens with zero attached hydrogens (tertiary/aromatic N) is 2. The number of hydrogen-bond acceptors (Lipinski definition) is 5. The van der Waals surface area contributed by atoms with Crippen molar-refractivity contribution in [3.05, 3.63) is 92.3 Å². The molecule has 4 aromatic rings. The zero-order valence-corrected chi connectivity index (χ0v) is 18.2. The molecule has 156 valence electrons. The fourth-order valence-corrected chi connectivity index (χ4v) is 4.53. The van der Waals surface area contributed by atoms with E-state index in [4.69, 9.17) is 0 Å². The van der Waals surface area contributed by atoms with Crippen molar-refractivity contribution in [3.8, 4) is 0 Å². The highest BCUT2D eigenvalue weighted by Crippen LogP contribution is 2.28. The summed E-state index contributed by atoms with van der Waals surface area (Å²) in [5, 5.41) is 3.30. The van der Waals surface area contributed by atoms with Crippen LogP contribution in [0.4, 0.5) is 5.69 Å². The molecule has 0 spiro atoms. The van der Waals surface area contributed by atoms with Gasteiger partial charge in [-0.2, -0.15) is 0 Å². The number of carbonyl (C=O) groups excluding carboxylic acids is 2. The van der Waals surface area contributed by atoms with Gasteiger partial charge in [-0.3, -0.25) is 19.0 Å². The molecule has 4 rings (SSSR count). The first kappa shape index (κ1) is 20.7. The zero-order chi connectivity index (χ0) is 22.1. The molecule has 0 aliphatic rings. The summed E-state index contributed by atoms with van der Waals surface area (Å²) in [6.45, 7) is 5.56. The third-order valence-electron chi connectivity index (χ3n) is 5.16. The Morgan fingerprint density at radius 3 is 2.52 bits per heavy atom. The van der Waals surface area contributed by atoms with E-state index >= 15 is 0 Å². The number of Topliss-reactive ketones (excluding diaryl/α,β-unsaturated/α-hetero) is 1. The van der Waals surface area contributed by atoms with Crippen LogP contribution in [0.15, 0.2) is 59.7 Å². The molecule has 0 aliphatic heterocycles. The minimum absolute atomic E-state index is 0.106. The Kier molecular flexibility index (Phi) is 5.52. The van der Waals surface area contributed by atoms with Gasteiger partial charge >= 0.3 is 0 Å². The summed E-state index contributed by atoms with van der Waals surface area (Å²) < 4.78 is 1.29. The van der Waals surface area contributed by atoms with E-state index < -0.39 is 0 Å². The van der Waals surface area contributed by atoms with Crippen molar-refractivity contribution in [1.29, 1.82) is 0 Å². The topological polar surface area (TPSA) is 81.1 Å². The Balaban J connectivity index is 1.66. The first-order valence-corrected chi connectivity index (χ1v) is 10.6. The van der Waals surface area contributed by atoms with Gasteiger partial charge in [-0.05, 0) is 38.0 Å². The molecule has 6 nitrogen and oxygen atoms in total. The number of carbonyl (C=O) groups is 2. The van der Waals surface area contributed by atoms with Crippen molar-refractivity contribution in [2.75, 3.05) is 5.32 Å². The molecule has 31 heavy (non-hydrogen) atoms. The number of fused-ring (bicyclic) bond motifs is 1. The normalized spacial score (nSPS) is 10.9. The Bertz CT molecular complexity index is 1370. The summed E-state index contributed by atoms with van der Waals surface area (Å²) in [5.41, 5.74) is 3.58. The van der Waals surface area contributed by atoms with Gasteiger partial charge in [0, 0.05) is 11.3 Å². The predicted octanol–water partition coefficient (Wildman–Crippen LogP) is 4.52. The van der Waals surface area contributed by atoms with Crippen LogP contribution in [0.1, 0.15) is 36.7 Å². The molecule has 2 aromatic carbocycles. The second-order valence-corrected chi connectivity index (χ2v) is 8.47. The maximum atomic E-state index is 13.0. The smallest absolute Gasteiger partial charge is 0.266 e. The number of nitrogens with one attached hydrogen (secondary N) is 1. The second-order valence-electron chi connectivity index (χ2n) is 7.48. The maximum absolute atomic E-state index is 13.0. The highest BCUT2D eigenvalue weighted by molar-refractivity contribution is 7.20. The first-order chi connectivity index (χ1) is 14.8. The monoisotopic (exact) mass is 431 g/mol. The minimum Gasteiger partial charge on any atom is -0.321 e. The van der Waals surface area contributed by atoms with Gasteiger partial charge in [0.15, 0.2) is 5.78 Å². The highest BCUT2D eigenvalue weighted by Gasteiger charge is 2.20. The molecular formula is C24H21N3O3S. The van der Waals surface area contributed by atoms with Crippen molar-refractivity contribution in [2.24, 2.45) is 0 Å².